The molecule has 0 N–H and O–H groups in total. The summed E-state index contributed by atoms with van der Waals surface area (Å²) in [6.07, 6.45) is 3.77. The van der Waals surface area contributed by atoms with Gasteiger partial charge in [-0.15, -0.1) is 0 Å². The van der Waals surface area contributed by atoms with Crippen LogP contribution in [0.2, 0.25) is 0 Å². The molecule has 2 rings (SSSR count). The summed E-state index contributed by atoms with van der Waals surface area (Å²) >= 11 is 4.01. The summed E-state index contributed by atoms with van der Waals surface area (Å²) in [4.78, 5) is 15.0. The Hall–Kier alpha value is -1.03. The maximum Gasteiger partial charge on any atom is 0.241 e. The Bertz CT molecular complexity index is 313. The van der Waals surface area contributed by atoms with E-state index >= 15 is 0 Å². The van der Waals surface area contributed by atoms with Gasteiger partial charge in [-0.1, -0.05) is 12.8 Å². The molecule has 0 spiro atoms. The van der Waals surface area contributed by atoms with E-state index in [1.54, 1.807) is 12.4 Å². The molecule has 1 aromatic heterocycles. The molecular formula is C7H6N2OS. The molecule has 0 unspecified atom stereocenters. The molecule has 2 heterocycles. The monoisotopic (exact) mass is 166 g/mol. The Labute approximate surface area is 69.6 Å². The van der Waals surface area contributed by atoms with Crippen molar-refractivity contribution in [3.8, 4) is 0 Å². The fourth-order valence-electron chi connectivity index (χ4n) is 1.13. The Balaban J connectivity index is 2.55. The van der Waals surface area contributed by atoms with E-state index in [0.29, 0.717) is 6.42 Å². The van der Waals surface area contributed by atoms with Crippen LogP contribution < -0.4 is 4.31 Å². The fraction of sp³-hybridized carbons (Fsp3) is 0.143. The SMILES string of the molecule is O=C1Cc2ccncc2N1S. The molecule has 0 aromatic carbocycles. The number of anilines is 1. The molecule has 0 saturated carbocycles. The van der Waals surface area contributed by atoms with E-state index in [1.165, 1.54) is 4.31 Å². The van der Waals surface area contributed by atoms with Gasteiger partial charge in [0.15, 0.2) is 0 Å². The van der Waals surface area contributed by atoms with E-state index in [4.69, 9.17) is 0 Å². The third kappa shape index (κ3) is 0.903. The number of carbonyl (C=O) groups excluding carboxylic acids is 1. The van der Waals surface area contributed by atoms with Gasteiger partial charge in [-0.25, -0.2) is 0 Å². The number of fused-ring (bicyclic) bond motifs is 1. The van der Waals surface area contributed by atoms with Gasteiger partial charge in [-0.05, 0) is 11.6 Å². The van der Waals surface area contributed by atoms with Crippen LogP contribution in [0, 0.1) is 0 Å². The zero-order chi connectivity index (χ0) is 7.84. The van der Waals surface area contributed by atoms with E-state index in [1.807, 2.05) is 6.07 Å². The molecule has 0 bridgehead atoms. The number of thiol groups is 1. The topological polar surface area (TPSA) is 33.2 Å². The van der Waals surface area contributed by atoms with Crippen LogP contribution in [0.15, 0.2) is 18.5 Å². The second-order valence-electron chi connectivity index (χ2n) is 2.39. The summed E-state index contributed by atoms with van der Waals surface area (Å²) in [6.45, 7) is 0. The molecule has 3 nitrogen and oxygen atoms in total. The second-order valence-corrected chi connectivity index (χ2v) is 2.79. The van der Waals surface area contributed by atoms with Crippen molar-refractivity contribution in [1.29, 1.82) is 0 Å². The lowest BCUT2D eigenvalue weighted by Gasteiger charge is -2.05. The normalized spacial score (nSPS) is 15.4. The first-order valence-corrected chi connectivity index (χ1v) is 3.64. The molecule has 1 amide bonds. The number of hydrogen-bond acceptors (Lipinski definition) is 3. The van der Waals surface area contributed by atoms with Crippen molar-refractivity contribution >= 4 is 24.4 Å². The predicted octanol–water partition coefficient (Wildman–Crippen LogP) is 0.815. The minimum absolute atomic E-state index is 0.0105. The highest BCUT2D eigenvalue weighted by Crippen LogP contribution is 2.28. The molecule has 0 radical (unpaired) electrons. The standard InChI is InChI=1S/C7H6N2OS/c10-7-3-5-1-2-8-4-6(5)9(7)11/h1-2,4,11H,3H2. The van der Waals surface area contributed by atoms with Crippen molar-refractivity contribution in [3.05, 3.63) is 24.0 Å². The Morgan fingerprint density at radius 3 is 3.18 bits per heavy atom. The Kier molecular flexibility index (Phi) is 1.35. The maximum atomic E-state index is 11.1. The van der Waals surface area contributed by atoms with E-state index in [2.05, 4.69) is 17.8 Å². The van der Waals surface area contributed by atoms with Gasteiger partial charge >= 0.3 is 0 Å². The molecule has 1 aliphatic heterocycles. The highest BCUT2D eigenvalue weighted by atomic mass is 32.1. The molecule has 0 atom stereocenters. The summed E-state index contributed by atoms with van der Waals surface area (Å²) in [6, 6.07) is 1.84. The quantitative estimate of drug-likeness (QED) is 0.579. The lowest BCUT2D eigenvalue weighted by molar-refractivity contribution is -0.116. The third-order valence-electron chi connectivity index (χ3n) is 1.69. The molecule has 11 heavy (non-hydrogen) atoms. The van der Waals surface area contributed by atoms with Crippen molar-refractivity contribution in [3.63, 3.8) is 0 Å². The van der Waals surface area contributed by atoms with Crippen LogP contribution in [0.25, 0.3) is 0 Å². The third-order valence-corrected chi connectivity index (χ3v) is 2.13. The van der Waals surface area contributed by atoms with Gasteiger partial charge < -0.3 is 0 Å². The average molecular weight is 166 g/mol. The first kappa shape index (κ1) is 6.67. The Morgan fingerprint density at radius 2 is 2.45 bits per heavy atom. The molecule has 4 heteroatoms. The number of rotatable bonds is 0. The fourth-order valence-corrected chi connectivity index (χ4v) is 1.38. The molecule has 0 saturated heterocycles. The minimum atomic E-state index is 0.0105. The summed E-state index contributed by atoms with van der Waals surface area (Å²) < 4.78 is 1.34. The van der Waals surface area contributed by atoms with Crippen LogP contribution in [-0.4, -0.2) is 10.9 Å². The van der Waals surface area contributed by atoms with E-state index < -0.39 is 0 Å². The smallest absolute Gasteiger partial charge is 0.241 e. The average Bonchev–Trinajstić information content (AvgIpc) is 2.30. The number of hydrogen-bond donors (Lipinski definition) is 1. The number of amides is 1. The van der Waals surface area contributed by atoms with Crippen molar-refractivity contribution < 1.29 is 4.79 Å². The van der Waals surface area contributed by atoms with E-state index in [9.17, 15) is 4.79 Å². The highest BCUT2D eigenvalue weighted by molar-refractivity contribution is 7.82. The molecule has 0 aliphatic carbocycles. The van der Waals surface area contributed by atoms with E-state index in [0.717, 1.165) is 11.3 Å². The number of carbonyl (C=O) groups is 1. The van der Waals surface area contributed by atoms with E-state index in [-0.39, 0.29) is 5.91 Å². The van der Waals surface area contributed by atoms with Crippen LogP contribution in [0.5, 0.6) is 0 Å². The molecule has 0 fully saturated rings. The molecular weight excluding hydrogens is 160 g/mol. The van der Waals surface area contributed by atoms with Gasteiger partial charge in [0, 0.05) is 6.20 Å². The van der Waals surface area contributed by atoms with Gasteiger partial charge in [-0.3, -0.25) is 14.1 Å². The van der Waals surface area contributed by atoms with Crippen molar-refractivity contribution in [1.82, 2.24) is 4.98 Å². The zero-order valence-electron chi connectivity index (χ0n) is 5.69. The van der Waals surface area contributed by atoms with Crippen LogP contribution >= 0.6 is 12.8 Å². The number of aromatic nitrogens is 1. The zero-order valence-corrected chi connectivity index (χ0v) is 6.58. The van der Waals surface area contributed by atoms with Gasteiger partial charge in [0.1, 0.15) is 0 Å². The summed E-state index contributed by atoms with van der Waals surface area (Å²) in [7, 11) is 0. The van der Waals surface area contributed by atoms with Gasteiger partial charge in [-0.2, -0.15) is 0 Å². The van der Waals surface area contributed by atoms with Crippen molar-refractivity contribution in [2.75, 3.05) is 4.31 Å². The molecule has 1 aromatic rings. The van der Waals surface area contributed by atoms with Crippen LogP contribution in [-0.2, 0) is 11.2 Å². The van der Waals surface area contributed by atoms with Crippen LogP contribution in [0.4, 0.5) is 5.69 Å². The second kappa shape index (κ2) is 2.23. The summed E-state index contributed by atoms with van der Waals surface area (Å²) in [5, 5.41) is 0. The van der Waals surface area contributed by atoms with Crippen LogP contribution in [0.1, 0.15) is 5.56 Å². The number of pyridine rings is 1. The predicted molar refractivity (Wildman–Crippen MR) is 44.4 cm³/mol. The maximum absolute atomic E-state index is 11.1. The Morgan fingerprint density at radius 1 is 1.64 bits per heavy atom. The van der Waals surface area contributed by atoms with Gasteiger partial charge in [0.05, 0.1) is 18.3 Å². The van der Waals surface area contributed by atoms with Gasteiger partial charge in [0.25, 0.3) is 0 Å². The van der Waals surface area contributed by atoms with Crippen LogP contribution in [0.3, 0.4) is 0 Å². The largest absolute Gasteiger partial charge is 0.273 e. The lowest BCUT2D eigenvalue weighted by Crippen LogP contribution is -2.14. The minimum Gasteiger partial charge on any atom is -0.273 e. The molecule has 56 valence electrons. The first-order valence-electron chi connectivity index (χ1n) is 3.24. The lowest BCUT2D eigenvalue weighted by atomic mass is 10.2. The first-order chi connectivity index (χ1) is 5.29. The summed E-state index contributed by atoms with van der Waals surface area (Å²) in [5.41, 5.74) is 1.81. The van der Waals surface area contributed by atoms with Crippen molar-refractivity contribution in [2.24, 2.45) is 0 Å². The van der Waals surface area contributed by atoms with Crippen molar-refractivity contribution in [2.45, 2.75) is 6.42 Å². The highest BCUT2D eigenvalue weighted by Gasteiger charge is 2.24. The van der Waals surface area contributed by atoms with Gasteiger partial charge in [0.2, 0.25) is 5.91 Å². The number of nitrogens with zero attached hydrogens (tertiary/aromatic N) is 2. The molecule has 1 aliphatic rings. The summed E-state index contributed by atoms with van der Waals surface area (Å²) in [5.74, 6) is 0.0105.